The number of rotatable bonds is 3. The van der Waals surface area contributed by atoms with E-state index in [2.05, 4.69) is 4.98 Å². The normalized spacial score (nSPS) is 11.7. The minimum atomic E-state index is -0.525. The van der Waals surface area contributed by atoms with E-state index in [9.17, 15) is 9.59 Å². The molecule has 0 amide bonds. The van der Waals surface area contributed by atoms with Crippen molar-refractivity contribution in [3.8, 4) is 0 Å². The van der Waals surface area contributed by atoms with E-state index < -0.39 is 11.6 Å². The summed E-state index contributed by atoms with van der Waals surface area (Å²) in [6.07, 6.45) is 1.80. The quantitative estimate of drug-likeness (QED) is 0.541. The Kier molecular flexibility index (Phi) is 3.84. The fraction of sp³-hybridized carbons (Fsp3) is 0.250. The number of pyridine rings is 1. The van der Waals surface area contributed by atoms with Gasteiger partial charge in [0.2, 0.25) is 5.78 Å². The zero-order valence-corrected chi connectivity index (χ0v) is 14.3. The molecule has 122 valence electrons. The van der Waals surface area contributed by atoms with E-state index in [1.165, 1.54) is 0 Å². The Balaban J connectivity index is 2.20. The predicted octanol–water partition coefficient (Wildman–Crippen LogP) is 4.01. The van der Waals surface area contributed by atoms with Gasteiger partial charge in [-0.25, -0.2) is 4.98 Å². The van der Waals surface area contributed by atoms with Crippen molar-refractivity contribution < 1.29 is 9.59 Å². The van der Waals surface area contributed by atoms with Gasteiger partial charge in [-0.1, -0.05) is 51.1 Å². The molecule has 0 radical (unpaired) electrons. The third kappa shape index (κ3) is 2.75. The van der Waals surface area contributed by atoms with Crippen LogP contribution in [0.15, 0.2) is 48.7 Å². The van der Waals surface area contributed by atoms with Crippen LogP contribution in [0.5, 0.6) is 0 Å². The SMILES string of the molecule is Cc1ccn2c(C(=O)C(=O)c3ccccc3)c(C(C)(C)C)nc2c1. The number of aryl methyl sites for hydroxylation is 1. The number of imidazole rings is 1. The number of fused-ring (bicyclic) bond motifs is 1. The minimum absolute atomic E-state index is 0.345. The molecule has 2 aromatic heterocycles. The second kappa shape index (κ2) is 5.71. The first-order valence-electron chi connectivity index (χ1n) is 7.92. The van der Waals surface area contributed by atoms with Crippen LogP contribution < -0.4 is 0 Å². The van der Waals surface area contributed by atoms with Crippen LogP contribution in [0.1, 0.15) is 52.9 Å². The maximum Gasteiger partial charge on any atom is 0.252 e. The zero-order valence-electron chi connectivity index (χ0n) is 14.3. The van der Waals surface area contributed by atoms with Crippen LogP contribution in [0, 0.1) is 6.92 Å². The van der Waals surface area contributed by atoms with Gasteiger partial charge in [0.05, 0.1) is 5.69 Å². The first kappa shape index (κ1) is 16.1. The van der Waals surface area contributed by atoms with Crippen molar-refractivity contribution in [1.82, 2.24) is 9.38 Å². The van der Waals surface area contributed by atoms with Crippen molar-refractivity contribution in [2.24, 2.45) is 0 Å². The molecule has 0 saturated heterocycles. The molecule has 2 heterocycles. The first-order valence-corrected chi connectivity index (χ1v) is 7.92. The van der Waals surface area contributed by atoms with Crippen molar-refractivity contribution in [3.05, 3.63) is 71.2 Å². The lowest BCUT2D eigenvalue weighted by molar-refractivity contribution is 0.0812. The second-order valence-corrected chi connectivity index (χ2v) is 7.02. The number of hydrogen-bond donors (Lipinski definition) is 0. The number of hydrogen-bond acceptors (Lipinski definition) is 3. The zero-order chi connectivity index (χ0) is 17.5. The predicted molar refractivity (Wildman–Crippen MR) is 93.7 cm³/mol. The van der Waals surface area contributed by atoms with Gasteiger partial charge in [-0.15, -0.1) is 0 Å². The number of aromatic nitrogens is 2. The summed E-state index contributed by atoms with van der Waals surface area (Å²) in [5, 5.41) is 0. The third-order valence-corrected chi connectivity index (χ3v) is 3.95. The van der Waals surface area contributed by atoms with Gasteiger partial charge in [0, 0.05) is 17.2 Å². The molecule has 0 aliphatic heterocycles. The van der Waals surface area contributed by atoms with Crippen LogP contribution in [0.4, 0.5) is 0 Å². The molecule has 3 aromatic rings. The van der Waals surface area contributed by atoms with Crippen LogP contribution in [0.3, 0.4) is 0 Å². The van der Waals surface area contributed by atoms with E-state index in [0.29, 0.717) is 22.6 Å². The van der Waals surface area contributed by atoms with Crippen LogP contribution in [0.25, 0.3) is 5.65 Å². The maximum absolute atomic E-state index is 13.0. The summed E-state index contributed by atoms with van der Waals surface area (Å²) in [7, 11) is 0. The molecule has 0 aliphatic carbocycles. The number of benzene rings is 1. The number of carbonyl (C=O) groups is 2. The average molecular weight is 320 g/mol. The van der Waals surface area contributed by atoms with Crippen LogP contribution in [-0.4, -0.2) is 21.0 Å². The number of nitrogens with zero attached hydrogens (tertiary/aromatic N) is 2. The summed E-state index contributed by atoms with van der Waals surface area (Å²) in [6.45, 7) is 7.95. The van der Waals surface area contributed by atoms with Gasteiger partial charge in [-0.05, 0) is 24.6 Å². The van der Waals surface area contributed by atoms with Crippen molar-refractivity contribution in [3.63, 3.8) is 0 Å². The highest BCUT2D eigenvalue weighted by Crippen LogP contribution is 2.27. The molecular formula is C20H20N2O2. The molecule has 4 heteroatoms. The van der Waals surface area contributed by atoms with E-state index in [4.69, 9.17) is 0 Å². The van der Waals surface area contributed by atoms with Gasteiger partial charge < -0.3 is 0 Å². The monoisotopic (exact) mass is 320 g/mol. The number of Topliss-reactive ketones (excluding diaryl/α,β-unsaturated/α-hetero) is 2. The Hall–Kier alpha value is -2.75. The molecule has 0 spiro atoms. The summed E-state index contributed by atoms with van der Waals surface area (Å²) in [6, 6.07) is 12.5. The van der Waals surface area contributed by atoms with Gasteiger partial charge in [0.25, 0.3) is 5.78 Å². The van der Waals surface area contributed by atoms with Crippen molar-refractivity contribution >= 4 is 17.2 Å². The van der Waals surface area contributed by atoms with E-state index in [1.807, 2.05) is 45.9 Å². The molecule has 0 bridgehead atoms. The highest BCUT2D eigenvalue weighted by molar-refractivity contribution is 6.49. The van der Waals surface area contributed by atoms with Crippen LogP contribution in [0.2, 0.25) is 0 Å². The fourth-order valence-electron chi connectivity index (χ4n) is 2.71. The molecule has 1 aromatic carbocycles. The summed E-state index contributed by atoms with van der Waals surface area (Å²) >= 11 is 0. The minimum Gasteiger partial charge on any atom is -0.296 e. The van der Waals surface area contributed by atoms with Crippen molar-refractivity contribution in [1.29, 1.82) is 0 Å². The highest BCUT2D eigenvalue weighted by Gasteiger charge is 2.31. The van der Waals surface area contributed by atoms with Crippen molar-refractivity contribution in [2.75, 3.05) is 0 Å². The summed E-state index contributed by atoms with van der Waals surface area (Å²) in [4.78, 5) is 30.2. The Morgan fingerprint density at radius 1 is 1.00 bits per heavy atom. The lowest BCUT2D eigenvalue weighted by atomic mass is 9.88. The number of carbonyl (C=O) groups excluding carboxylic acids is 2. The summed E-state index contributed by atoms with van der Waals surface area (Å²) in [5.74, 6) is -1.04. The van der Waals surface area contributed by atoms with E-state index in [1.54, 1.807) is 34.9 Å². The van der Waals surface area contributed by atoms with E-state index in [0.717, 1.165) is 5.56 Å². The molecule has 3 rings (SSSR count). The average Bonchev–Trinajstić information content (AvgIpc) is 2.93. The van der Waals surface area contributed by atoms with Gasteiger partial charge in [0.1, 0.15) is 11.3 Å². The molecular weight excluding hydrogens is 300 g/mol. The topological polar surface area (TPSA) is 51.4 Å². The summed E-state index contributed by atoms with van der Waals surface area (Å²) < 4.78 is 1.72. The van der Waals surface area contributed by atoms with Gasteiger partial charge in [-0.3, -0.25) is 14.0 Å². The molecule has 0 unspecified atom stereocenters. The standard InChI is InChI=1S/C20H20N2O2/c1-13-10-11-22-15(12-13)21-19(20(2,3)4)16(22)18(24)17(23)14-8-6-5-7-9-14/h5-12H,1-4H3. The van der Waals surface area contributed by atoms with Crippen LogP contribution >= 0.6 is 0 Å². The maximum atomic E-state index is 13.0. The first-order chi connectivity index (χ1) is 11.3. The lowest BCUT2D eigenvalue weighted by Gasteiger charge is -2.17. The number of ketones is 2. The van der Waals surface area contributed by atoms with E-state index >= 15 is 0 Å². The molecule has 24 heavy (non-hydrogen) atoms. The highest BCUT2D eigenvalue weighted by atomic mass is 16.2. The molecule has 0 N–H and O–H groups in total. The second-order valence-electron chi connectivity index (χ2n) is 7.02. The molecule has 0 fully saturated rings. The Labute approximate surface area is 141 Å². The molecule has 0 aliphatic rings. The molecule has 4 nitrogen and oxygen atoms in total. The Bertz CT molecular complexity index is 931. The Morgan fingerprint density at radius 2 is 1.67 bits per heavy atom. The molecule has 0 saturated carbocycles. The fourth-order valence-corrected chi connectivity index (χ4v) is 2.71. The Morgan fingerprint density at radius 3 is 2.29 bits per heavy atom. The summed E-state index contributed by atoms with van der Waals surface area (Å²) in [5.41, 5.74) is 2.78. The van der Waals surface area contributed by atoms with Gasteiger partial charge in [0.15, 0.2) is 0 Å². The van der Waals surface area contributed by atoms with Gasteiger partial charge in [-0.2, -0.15) is 0 Å². The third-order valence-electron chi connectivity index (χ3n) is 3.95. The molecule has 0 atom stereocenters. The van der Waals surface area contributed by atoms with E-state index in [-0.39, 0.29) is 5.41 Å². The van der Waals surface area contributed by atoms with Crippen molar-refractivity contribution in [2.45, 2.75) is 33.1 Å². The lowest BCUT2D eigenvalue weighted by Crippen LogP contribution is -2.23. The van der Waals surface area contributed by atoms with Gasteiger partial charge >= 0.3 is 0 Å². The largest absolute Gasteiger partial charge is 0.296 e. The van der Waals surface area contributed by atoms with Crippen LogP contribution in [-0.2, 0) is 5.41 Å². The smallest absolute Gasteiger partial charge is 0.252 e.